The Bertz CT molecular complexity index is 2430. The Labute approximate surface area is 366 Å². The molecule has 0 radical (unpaired) electrons. The van der Waals surface area contributed by atoms with E-state index >= 15 is 0 Å². The van der Waals surface area contributed by atoms with Crippen LogP contribution in [0.3, 0.4) is 0 Å². The summed E-state index contributed by atoms with van der Waals surface area (Å²) in [5.74, 6) is 0.200. The fourth-order valence-electron chi connectivity index (χ4n) is 7.95. The number of rotatable bonds is 14. The third-order valence-electron chi connectivity index (χ3n) is 11.8. The highest BCUT2D eigenvalue weighted by Gasteiger charge is 2.33. The molecule has 0 saturated carbocycles. The molecule has 4 aromatic rings. The van der Waals surface area contributed by atoms with Gasteiger partial charge in [0.05, 0.1) is 21.0 Å². The van der Waals surface area contributed by atoms with E-state index in [1.165, 1.54) is 35.9 Å². The van der Waals surface area contributed by atoms with Crippen molar-refractivity contribution < 1.29 is 37.1 Å². The molecule has 0 aromatic heterocycles. The smallest absolute Gasteiger partial charge is 0.293 e. The molecule has 2 fully saturated rings. The first-order valence-electron chi connectivity index (χ1n) is 20.6. The Morgan fingerprint density at radius 2 is 1.65 bits per heavy atom. The topological polar surface area (TPSA) is 167 Å². The second kappa shape index (κ2) is 18.6. The van der Waals surface area contributed by atoms with Crippen LogP contribution in [0.1, 0.15) is 56.3 Å². The number of carbonyl (C=O) groups is 1. The van der Waals surface area contributed by atoms with E-state index < -0.39 is 42.9 Å². The monoisotopic (exact) mass is 890 g/mol. The first-order valence-corrected chi connectivity index (χ1v) is 22.5. The van der Waals surface area contributed by atoms with Crippen LogP contribution >= 0.6 is 11.6 Å². The van der Waals surface area contributed by atoms with E-state index in [-0.39, 0.29) is 34.7 Å². The number of hydrogen-bond acceptors (Lipinski definition) is 12. The van der Waals surface area contributed by atoms with Gasteiger partial charge in [-0.2, -0.15) is 0 Å². The number of likely N-dealkylation sites (tertiary alicyclic amines) is 1. The van der Waals surface area contributed by atoms with Gasteiger partial charge in [-0.05, 0) is 104 Å². The number of sulfonamides is 1. The second-order valence-corrected chi connectivity index (χ2v) is 19.3. The lowest BCUT2D eigenvalue weighted by Gasteiger charge is -2.39. The van der Waals surface area contributed by atoms with Gasteiger partial charge in [-0.25, -0.2) is 17.5 Å². The summed E-state index contributed by atoms with van der Waals surface area (Å²) in [4.78, 5) is 31.2. The van der Waals surface area contributed by atoms with Crippen molar-refractivity contribution in [3.8, 4) is 17.2 Å². The van der Waals surface area contributed by atoms with Crippen molar-refractivity contribution in [3.05, 3.63) is 123 Å². The Morgan fingerprint density at radius 1 is 0.919 bits per heavy atom. The molecule has 1 aliphatic carbocycles. The molecule has 62 heavy (non-hydrogen) atoms. The number of nitro benzene ring substituents is 1. The van der Waals surface area contributed by atoms with Gasteiger partial charge in [0.25, 0.3) is 21.6 Å². The van der Waals surface area contributed by atoms with E-state index in [0.717, 1.165) is 68.6 Å². The lowest BCUT2D eigenvalue weighted by atomic mass is 9.77. The predicted octanol–water partition coefficient (Wildman–Crippen LogP) is 7.83. The standard InChI is InChI=1S/C45H52ClFN6O8S/c1-44(2)16-15-31(42(28-44)60-35-10-7-32(46)8-11-35)29-51-21-23-52(24-22-51)34-9-13-38(41(26-34)61-36-6-4-5-33(47)25-36)43(54)49-62(58,59)37-12-14-39(40(27-37)53(56)57)48-30-45(55)17-19-50(3)20-18-45/h4-14,25-27,48,55H,15-24,28-30H2,1-3H3,(H,49,54). The van der Waals surface area contributed by atoms with Crippen LogP contribution in [-0.4, -0.2) is 99.2 Å². The van der Waals surface area contributed by atoms with Crippen molar-refractivity contribution >= 4 is 44.6 Å². The maximum Gasteiger partial charge on any atom is 0.293 e. The first-order chi connectivity index (χ1) is 29.4. The van der Waals surface area contributed by atoms with Crippen molar-refractivity contribution in [1.82, 2.24) is 14.5 Å². The maximum absolute atomic E-state index is 14.3. The highest BCUT2D eigenvalue weighted by Crippen LogP contribution is 2.40. The van der Waals surface area contributed by atoms with E-state index in [9.17, 15) is 32.8 Å². The lowest BCUT2D eigenvalue weighted by molar-refractivity contribution is -0.384. The third-order valence-corrected chi connectivity index (χ3v) is 13.4. The Morgan fingerprint density at radius 3 is 2.34 bits per heavy atom. The number of nitrogens with one attached hydrogen (secondary N) is 2. The number of carbonyl (C=O) groups excluding carboxylic acids is 1. The molecule has 14 nitrogen and oxygen atoms in total. The van der Waals surface area contributed by atoms with E-state index in [1.807, 2.05) is 36.0 Å². The van der Waals surface area contributed by atoms with Crippen molar-refractivity contribution in [1.29, 1.82) is 0 Å². The number of allylic oxidation sites excluding steroid dienone is 1. The Balaban J connectivity index is 1.06. The molecule has 330 valence electrons. The largest absolute Gasteiger partial charge is 0.462 e. The summed E-state index contributed by atoms with van der Waals surface area (Å²) in [6.07, 6.45) is 3.74. The maximum atomic E-state index is 14.3. The molecule has 0 unspecified atom stereocenters. The summed E-state index contributed by atoms with van der Waals surface area (Å²) in [5.41, 5.74) is 0.348. The van der Waals surface area contributed by atoms with Crippen LogP contribution in [0.5, 0.6) is 17.2 Å². The van der Waals surface area contributed by atoms with Gasteiger partial charge in [-0.3, -0.25) is 19.8 Å². The second-order valence-electron chi connectivity index (χ2n) is 17.2. The first kappa shape index (κ1) is 44.8. The van der Waals surface area contributed by atoms with Gasteiger partial charge >= 0.3 is 0 Å². The van der Waals surface area contributed by atoms with Crippen LogP contribution in [0, 0.1) is 21.3 Å². The summed E-state index contributed by atoms with van der Waals surface area (Å²) >= 11 is 6.11. The summed E-state index contributed by atoms with van der Waals surface area (Å²) < 4.78 is 56.0. The van der Waals surface area contributed by atoms with Crippen molar-refractivity contribution in [2.75, 3.05) is 69.6 Å². The fraction of sp³-hybridized carbons (Fsp3) is 0.400. The summed E-state index contributed by atoms with van der Waals surface area (Å²) in [6, 6.07) is 20.8. The number of hydrogen-bond donors (Lipinski definition) is 3. The number of aliphatic hydroxyl groups is 1. The molecule has 17 heteroatoms. The molecule has 3 aliphatic rings. The van der Waals surface area contributed by atoms with Gasteiger partial charge in [-0.15, -0.1) is 0 Å². The summed E-state index contributed by atoms with van der Waals surface area (Å²) in [7, 11) is -2.70. The van der Waals surface area contributed by atoms with Gasteiger partial charge in [-0.1, -0.05) is 31.5 Å². The number of piperazine rings is 1. The van der Waals surface area contributed by atoms with Crippen LogP contribution in [-0.2, 0) is 10.0 Å². The molecule has 3 N–H and O–H groups in total. The van der Waals surface area contributed by atoms with E-state index in [1.54, 1.807) is 12.1 Å². The van der Waals surface area contributed by atoms with Crippen molar-refractivity contribution in [3.63, 3.8) is 0 Å². The predicted molar refractivity (Wildman–Crippen MR) is 236 cm³/mol. The zero-order valence-electron chi connectivity index (χ0n) is 35.0. The molecule has 2 saturated heterocycles. The van der Waals surface area contributed by atoms with Crippen LogP contribution in [0.15, 0.2) is 101 Å². The highest BCUT2D eigenvalue weighted by atomic mass is 35.5. The molecule has 1 amide bonds. The average molecular weight is 891 g/mol. The quantitative estimate of drug-likeness (QED) is 0.0831. The zero-order chi connectivity index (χ0) is 44.2. The SMILES string of the molecule is CN1CCC(O)(CNc2ccc(S(=O)(=O)NC(=O)c3ccc(N4CCN(CC5=C(Oc6ccc(Cl)cc6)CC(C)(C)CC5)CC4)cc3Oc3cccc(F)c3)cc2[N+](=O)[O-])CC1. The minimum absolute atomic E-state index is 0.0143. The number of nitro groups is 1. The van der Waals surface area contributed by atoms with E-state index in [4.69, 9.17) is 21.1 Å². The molecule has 4 aromatic carbocycles. The molecular weight excluding hydrogens is 839 g/mol. The van der Waals surface area contributed by atoms with Gasteiger partial charge in [0.2, 0.25) is 0 Å². The van der Waals surface area contributed by atoms with Crippen LogP contribution in [0.25, 0.3) is 0 Å². The molecule has 0 bridgehead atoms. The van der Waals surface area contributed by atoms with Crippen LogP contribution in [0.2, 0.25) is 5.02 Å². The van der Waals surface area contributed by atoms with Crippen molar-refractivity contribution in [2.24, 2.45) is 5.41 Å². The van der Waals surface area contributed by atoms with Crippen LogP contribution in [0.4, 0.5) is 21.5 Å². The highest BCUT2D eigenvalue weighted by molar-refractivity contribution is 7.90. The summed E-state index contributed by atoms with van der Waals surface area (Å²) in [5, 5.41) is 26.6. The Hall–Kier alpha value is -5.26. The van der Waals surface area contributed by atoms with E-state index in [0.29, 0.717) is 49.7 Å². The minimum atomic E-state index is -4.65. The molecule has 0 spiro atoms. The van der Waals surface area contributed by atoms with Gasteiger partial charge in [0.15, 0.2) is 0 Å². The average Bonchev–Trinajstić information content (AvgIpc) is 3.23. The number of piperidine rings is 1. The minimum Gasteiger partial charge on any atom is -0.462 e. The number of anilines is 2. The summed E-state index contributed by atoms with van der Waals surface area (Å²) in [6.45, 7) is 9.38. The Kier molecular flexibility index (Phi) is 13.4. The number of benzene rings is 4. The van der Waals surface area contributed by atoms with Gasteiger partial charge in [0.1, 0.15) is 34.5 Å². The number of halogens is 2. The number of amides is 1. The number of ether oxygens (including phenoxy) is 2. The number of nitrogens with zero attached hydrogens (tertiary/aromatic N) is 4. The molecule has 0 atom stereocenters. The van der Waals surface area contributed by atoms with Gasteiger partial charge in [0, 0.05) is 87.7 Å². The lowest BCUT2D eigenvalue weighted by Crippen LogP contribution is -2.47. The normalized spacial score (nSPS) is 18.3. The van der Waals surface area contributed by atoms with Crippen LogP contribution < -0.4 is 24.4 Å². The van der Waals surface area contributed by atoms with Crippen molar-refractivity contribution in [2.45, 2.75) is 56.4 Å². The molecule has 2 aliphatic heterocycles. The zero-order valence-corrected chi connectivity index (χ0v) is 36.6. The molecule has 7 rings (SSSR count). The van der Waals surface area contributed by atoms with Gasteiger partial charge < -0.3 is 29.7 Å². The fourth-order valence-corrected chi connectivity index (χ4v) is 9.07. The molecular formula is C45H52ClFN6O8S. The molecule has 2 heterocycles. The third kappa shape index (κ3) is 11.2. The van der Waals surface area contributed by atoms with E-state index in [2.05, 4.69) is 33.9 Å².